The maximum Gasteiger partial charge on any atom is 0.238 e. The van der Waals surface area contributed by atoms with E-state index in [0.29, 0.717) is 19.0 Å². The van der Waals surface area contributed by atoms with Crippen molar-refractivity contribution < 1.29 is 9.90 Å². The molecule has 0 bridgehead atoms. The number of carbonyl (C=O) groups excluding carboxylic acids is 1. The molecule has 2 aliphatic heterocycles. The van der Waals surface area contributed by atoms with Crippen LogP contribution in [0.5, 0.6) is 0 Å². The minimum Gasteiger partial charge on any atom is -0.392 e. The lowest BCUT2D eigenvalue weighted by molar-refractivity contribution is -0.118. The summed E-state index contributed by atoms with van der Waals surface area (Å²) < 4.78 is 0. The molecule has 132 valence electrons. The number of aliphatic hydroxyl groups excluding tert-OH is 1. The van der Waals surface area contributed by atoms with Gasteiger partial charge in [0.25, 0.3) is 0 Å². The molecule has 0 aromatic carbocycles. The number of anilines is 2. The number of aromatic nitrogens is 1. The summed E-state index contributed by atoms with van der Waals surface area (Å²) >= 11 is 0. The third kappa shape index (κ3) is 4.45. The summed E-state index contributed by atoms with van der Waals surface area (Å²) in [6, 6.07) is 3.90. The molecule has 2 N–H and O–H groups in total. The number of nitrogens with zero attached hydrogens (tertiary/aromatic N) is 3. The zero-order chi connectivity index (χ0) is 16.9. The SMILES string of the molecule is CC1CCN(CC(=O)Nc2ccc(N3CCCCC3)nc2)CC1O. The number of hydrogen-bond donors (Lipinski definition) is 2. The second-order valence-electron chi connectivity index (χ2n) is 7.07. The molecule has 6 heteroatoms. The largest absolute Gasteiger partial charge is 0.392 e. The second kappa shape index (κ2) is 7.94. The summed E-state index contributed by atoms with van der Waals surface area (Å²) in [6.07, 6.45) is 6.07. The molecule has 1 amide bonds. The molecule has 2 aliphatic rings. The predicted molar refractivity (Wildman–Crippen MR) is 95.2 cm³/mol. The maximum absolute atomic E-state index is 12.2. The fourth-order valence-electron chi connectivity index (χ4n) is 3.43. The van der Waals surface area contributed by atoms with E-state index in [0.717, 1.165) is 37.6 Å². The second-order valence-corrected chi connectivity index (χ2v) is 7.07. The molecule has 3 heterocycles. The monoisotopic (exact) mass is 332 g/mol. The molecule has 0 spiro atoms. The number of hydrogen-bond acceptors (Lipinski definition) is 5. The Morgan fingerprint density at radius 2 is 2.08 bits per heavy atom. The molecule has 2 fully saturated rings. The van der Waals surface area contributed by atoms with Crippen molar-refractivity contribution in [1.29, 1.82) is 0 Å². The standard InChI is InChI=1S/C18H28N4O2/c1-14-7-10-21(12-16(14)23)13-18(24)20-15-5-6-17(19-11-15)22-8-3-2-4-9-22/h5-6,11,14,16,23H,2-4,7-10,12-13H2,1H3,(H,20,24). The summed E-state index contributed by atoms with van der Waals surface area (Å²) in [7, 11) is 0. The summed E-state index contributed by atoms with van der Waals surface area (Å²) in [5.74, 6) is 1.25. The Hall–Kier alpha value is -1.66. The van der Waals surface area contributed by atoms with Crippen LogP contribution in [0.15, 0.2) is 18.3 Å². The summed E-state index contributed by atoms with van der Waals surface area (Å²) in [4.78, 5) is 21.0. The number of pyridine rings is 1. The van der Waals surface area contributed by atoms with Crippen LogP contribution in [0.4, 0.5) is 11.5 Å². The molecule has 6 nitrogen and oxygen atoms in total. The molecule has 0 radical (unpaired) electrons. The van der Waals surface area contributed by atoms with Gasteiger partial charge in [-0.1, -0.05) is 6.92 Å². The molecule has 0 saturated carbocycles. The zero-order valence-electron chi connectivity index (χ0n) is 14.4. The van der Waals surface area contributed by atoms with Crippen LogP contribution in [0.3, 0.4) is 0 Å². The van der Waals surface area contributed by atoms with Gasteiger partial charge in [0.2, 0.25) is 5.91 Å². The van der Waals surface area contributed by atoms with Crippen LogP contribution in [0.2, 0.25) is 0 Å². The van der Waals surface area contributed by atoms with Crippen molar-refractivity contribution in [3.63, 3.8) is 0 Å². The Balaban J connectivity index is 1.49. The third-order valence-corrected chi connectivity index (χ3v) is 5.08. The highest BCUT2D eigenvalue weighted by Gasteiger charge is 2.25. The van der Waals surface area contributed by atoms with Gasteiger partial charge in [-0.25, -0.2) is 4.98 Å². The van der Waals surface area contributed by atoms with Gasteiger partial charge in [-0.3, -0.25) is 9.69 Å². The van der Waals surface area contributed by atoms with Gasteiger partial charge >= 0.3 is 0 Å². The van der Waals surface area contributed by atoms with Crippen LogP contribution < -0.4 is 10.2 Å². The van der Waals surface area contributed by atoms with E-state index in [-0.39, 0.29) is 12.0 Å². The van der Waals surface area contributed by atoms with Crippen molar-refractivity contribution in [2.24, 2.45) is 5.92 Å². The van der Waals surface area contributed by atoms with E-state index in [4.69, 9.17) is 0 Å². The molecule has 2 atom stereocenters. The van der Waals surface area contributed by atoms with Crippen LogP contribution in [0.25, 0.3) is 0 Å². The Kier molecular flexibility index (Phi) is 5.68. The van der Waals surface area contributed by atoms with Gasteiger partial charge in [0.15, 0.2) is 0 Å². The highest BCUT2D eigenvalue weighted by atomic mass is 16.3. The minimum absolute atomic E-state index is 0.0516. The average molecular weight is 332 g/mol. The minimum atomic E-state index is -0.336. The fourth-order valence-corrected chi connectivity index (χ4v) is 3.43. The fraction of sp³-hybridized carbons (Fsp3) is 0.667. The first-order valence-electron chi connectivity index (χ1n) is 9.03. The first kappa shape index (κ1) is 17.2. The normalized spacial score (nSPS) is 25.5. The molecule has 24 heavy (non-hydrogen) atoms. The van der Waals surface area contributed by atoms with Crippen molar-refractivity contribution in [1.82, 2.24) is 9.88 Å². The lowest BCUT2D eigenvalue weighted by atomic mass is 9.96. The Morgan fingerprint density at radius 1 is 1.29 bits per heavy atom. The van der Waals surface area contributed by atoms with Gasteiger partial charge in [-0.15, -0.1) is 0 Å². The van der Waals surface area contributed by atoms with Crippen molar-refractivity contribution in [2.45, 2.75) is 38.7 Å². The number of amides is 1. The van der Waals surface area contributed by atoms with E-state index < -0.39 is 0 Å². The van der Waals surface area contributed by atoms with Gasteiger partial charge < -0.3 is 15.3 Å². The zero-order valence-corrected chi connectivity index (χ0v) is 14.4. The number of piperidine rings is 2. The van der Waals surface area contributed by atoms with Crippen molar-refractivity contribution in [3.8, 4) is 0 Å². The van der Waals surface area contributed by atoms with Crippen LogP contribution >= 0.6 is 0 Å². The van der Waals surface area contributed by atoms with Crippen LogP contribution in [-0.4, -0.2) is 59.7 Å². The predicted octanol–water partition coefficient (Wildman–Crippen LogP) is 1.71. The first-order valence-corrected chi connectivity index (χ1v) is 9.03. The third-order valence-electron chi connectivity index (χ3n) is 5.08. The molecule has 2 unspecified atom stereocenters. The lowest BCUT2D eigenvalue weighted by Crippen LogP contribution is -2.45. The summed E-state index contributed by atoms with van der Waals surface area (Å²) in [6.45, 7) is 5.93. The van der Waals surface area contributed by atoms with Crippen molar-refractivity contribution in [2.75, 3.05) is 42.9 Å². The van der Waals surface area contributed by atoms with Crippen LogP contribution in [0.1, 0.15) is 32.6 Å². The molecule has 3 rings (SSSR count). The van der Waals surface area contributed by atoms with Gasteiger partial charge in [0, 0.05) is 19.6 Å². The molecule has 0 aliphatic carbocycles. The molecule has 2 saturated heterocycles. The lowest BCUT2D eigenvalue weighted by Gasteiger charge is -2.33. The van der Waals surface area contributed by atoms with E-state index in [1.165, 1.54) is 19.3 Å². The van der Waals surface area contributed by atoms with E-state index in [1.54, 1.807) is 6.20 Å². The molecule has 1 aromatic heterocycles. The van der Waals surface area contributed by atoms with Gasteiger partial charge in [0.1, 0.15) is 5.82 Å². The van der Waals surface area contributed by atoms with Gasteiger partial charge in [-0.05, 0) is 50.3 Å². The topological polar surface area (TPSA) is 68.7 Å². The number of nitrogens with one attached hydrogen (secondary N) is 1. The molecule has 1 aromatic rings. The number of rotatable bonds is 4. The first-order chi connectivity index (χ1) is 11.6. The van der Waals surface area contributed by atoms with Gasteiger partial charge in [0.05, 0.1) is 24.5 Å². The summed E-state index contributed by atoms with van der Waals surface area (Å²) in [5, 5.41) is 12.8. The number of likely N-dealkylation sites (tertiary alicyclic amines) is 1. The maximum atomic E-state index is 12.2. The smallest absolute Gasteiger partial charge is 0.238 e. The number of β-amino-alcohol motifs (C(OH)–C–C–N with tert-alkyl or cyclic N) is 1. The highest BCUT2D eigenvalue weighted by molar-refractivity contribution is 5.92. The Labute approximate surface area is 143 Å². The van der Waals surface area contributed by atoms with Gasteiger partial charge in [-0.2, -0.15) is 0 Å². The van der Waals surface area contributed by atoms with Crippen molar-refractivity contribution in [3.05, 3.63) is 18.3 Å². The van der Waals surface area contributed by atoms with E-state index in [2.05, 4.69) is 22.1 Å². The molecular formula is C18H28N4O2. The van der Waals surface area contributed by atoms with E-state index in [1.807, 2.05) is 17.0 Å². The molecular weight excluding hydrogens is 304 g/mol. The Morgan fingerprint density at radius 3 is 2.75 bits per heavy atom. The van der Waals surface area contributed by atoms with E-state index in [9.17, 15) is 9.90 Å². The van der Waals surface area contributed by atoms with E-state index >= 15 is 0 Å². The quantitative estimate of drug-likeness (QED) is 0.878. The van der Waals surface area contributed by atoms with Crippen LogP contribution in [-0.2, 0) is 4.79 Å². The average Bonchev–Trinajstić information content (AvgIpc) is 2.59. The number of carbonyl (C=O) groups is 1. The van der Waals surface area contributed by atoms with Crippen LogP contribution in [0, 0.1) is 5.92 Å². The Bertz CT molecular complexity index is 542. The summed E-state index contributed by atoms with van der Waals surface area (Å²) in [5.41, 5.74) is 0.728. The van der Waals surface area contributed by atoms with Crippen molar-refractivity contribution >= 4 is 17.4 Å². The highest BCUT2D eigenvalue weighted by Crippen LogP contribution is 2.19. The number of aliphatic hydroxyl groups is 1.